The number of imidazole rings is 1. The van der Waals surface area contributed by atoms with Crippen molar-refractivity contribution < 1.29 is 0 Å². The summed E-state index contributed by atoms with van der Waals surface area (Å²) in [7, 11) is 0. The molecule has 1 N–H and O–H groups in total. The molecule has 0 saturated heterocycles. The summed E-state index contributed by atoms with van der Waals surface area (Å²) in [6.07, 6.45) is 5.09. The van der Waals surface area contributed by atoms with Crippen molar-refractivity contribution in [2.24, 2.45) is 0 Å². The van der Waals surface area contributed by atoms with E-state index >= 15 is 0 Å². The molecule has 3 aromatic heterocycles. The fourth-order valence-electron chi connectivity index (χ4n) is 1.61. The third-order valence-corrected chi connectivity index (χ3v) is 2.33. The third-order valence-electron chi connectivity index (χ3n) is 2.33. The Morgan fingerprint density at radius 2 is 2.31 bits per heavy atom. The first kappa shape index (κ1) is 8.84. The molecule has 16 heavy (non-hydrogen) atoms. The van der Waals surface area contributed by atoms with Gasteiger partial charge in [0.2, 0.25) is 0 Å². The van der Waals surface area contributed by atoms with Gasteiger partial charge in [0.05, 0.1) is 0 Å². The lowest BCUT2D eigenvalue weighted by atomic mass is 10.5. The van der Waals surface area contributed by atoms with Gasteiger partial charge in [-0.15, -0.1) is 0 Å². The summed E-state index contributed by atoms with van der Waals surface area (Å²) in [5.74, 6) is 1.27. The molecule has 0 aliphatic rings. The maximum absolute atomic E-state index is 11.4. The third kappa shape index (κ3) is 1.14. The van der Waals surface area contributed by atoms with E-state index in [4.69, 9.17) is 0 Å². The lowest BCUT2D eigenvalue weighted by Crippen LogP contribution is -2.14. The van der Waals surface area contributed by atoms with Gasteiger partial charge in [-0.25, -0.2) is 24.3 Å². The first-order valence-electron chi connectivity index (χ1n) is 4.69. The molecule has 0 amide bonds. The minimum atomic E-state index is -0.280. The number of nitrogens with one attached hydrogen (secondary N) is 1. The van der Waals surface area contributed by atoms with Crippen molar-refractivity contribution in [3.05, 3.63) is 41.1 Å². The number of hydrogen-bond donors (Lipinski definition) is 1. The number of H-pyrrole nitrogens is 1. The smallest absolute Gasteiger partial charge is 0.290 e. The number of aromatic amines is 1. The molecule has 0 spiro atoms. The number of aryl methyl sites for hydroxylation is 1. The van der Waals surface area contributed by atoms with Gasteiger partial charge >= 0.3 is 5.69 Å². The van der Waals surface area contributed by atoms with Gasteiger partial charge in [-0.2, -0.15) is 5.10 Å². The van der Waals surface area contributed by atoms with E-state index in [-0.39, 0.29) is 5.69 Å². The molecular formula is C9H8N6O. The number of rotatable bonds is 1. The zero-order valence-electron chi connectivity index (χ0n) is 8.45. The van der Waals surface area contributed by atoms with Crippen LogP contribution in [0, 0.1) is 6.92 Å². The first-order chi connectivity index (χ1) is 7.75. The molecule has 0 unspecified atom stereocenters. The molecule has 80 valence electrons. The monoisotopic (exact) mass is 216 g/mol. The molecule has 0 atom stereocenters. The van der Waals surface area contributed by atoms with Crippen LogP contribution >= 0.6 is 0 Å². The van der Waals surface area contributed by atoms with Gasteiger partial charge < -0.3 is 0 Å². The van der Waals surface area contributed by atoms with Crippen molar-refractivity contribution in [2.75, 3.05) is 0 Å². The predicted octanol–water partition coefficient (Wildman–Crippen LogP) is -0.0883. The molecule has 3 aromatic rings. The quantitative estimate of drug-likeness (QED) is 0.616. The van der Waals surface area contributed by atoms with Crippen molar-refractivity contribution in [3.8, 4) is 5.82 Å². The van der Waals surface area contributed by atoms with Gasteiger partial charge in [0.1, 0.15) is 18.0 Å². The van der Waals surface area contributed by atoms with E-state index in [1.165, 1.54) is 4.40 Å². The van der Waals surface area contributed by atoms with E-state index < -0.39 is 0 Å². The zero-order valence-corrected chi connectivity index (χ0v) is 8.45. The van der Waals surface area contributed by atoms with Crippen molar-refractivity contribution in [1.82, 2.24) is 29.1 Å². The summed E-state index contributed by atoms with van der Waals surface area (Å²) in [5, 5.41) is 6.28. The molecular weight excluding hydrogens is 208 g/mol. The SMILES string of the molecule is Cc1nc(-n2ccnc2)cc2n[nH]c(=O)n12. The summed E-state index contributed by atoms with van der Waals surface area (Å²) in [6, 6.07) is 1.71. The topological polar surface area (TPSA) is 80.9 Å². The first-order valence-corrected chi connectivity index (χ1v) is 4.69. The molecule has 0 saturated carbocycles. The Labute approximate surface area is 89.4 Å². The molecule has 7 nitrogen and oxygen atoms in total. The lowest BCUT2D eigenvalue weighted by molar-refractivity contribution is 0.893. The minimum Gasteiger partial charge on any atom is -0.290 e. The van der Waals surface area contributed by atoms with Gasteiger partial charge in [0, 0.05) is 18.5 Å². The van der Waals surface area contributed by atoms with E-state index in [1.807, 2.05) is 0 Å². The average Bonchev–Trinajstić information content (AvgIpc) is 2.87. The van der Waals surface area contributed by atoms with Gasteiger partial charge in [0.15, 0.2) is 5.65 Å². The predicted molar refractivity (Wildman–Crippen MR) is 55.5 cm³/mol. The summed E-state index contributed by atoms with van der Waals surface area (Å²) in [5.41, 5.74) is 0.262. The van der Waals surface area contributed by atoms with E-state index in [9.17, 15) is 4.79 Å². The van der Waals surface area contributed by atoms with Gasteiger partial charge in [-0.1, -0.05) is 0 Å². The van der Waals surface area contributed by atoms with Crippen LogP contribution in [0.3, 0.4) is 0 Å². The summed E-state index contributed by atoms with van der Waals surface area (Å²) >= 11 is 0. The van der Waals surface area contributed by atoms with E-state index in [0.29, 0.717) is 17.3 Å². The highest BCUT2D eigenvalue weighted by atomic mass is 16.1. The van der Waals surface area contributed by atoms with E-state index in [0.717, 1.165) is 0 Å². The Hall–Kier alpha value is -2.44. The molecule has 7 heteroatoms. The highest BCUT2D eigenvalue weighted by Crippen LogP contribution is 2.07. The molecule has 0 radical (unpaired) electrons. The summed E-state index contributed by atoms with van der Waals surface area (Å²) in [6.45, 7) is 1.75. The second-order valence-corrected chi connectivity index (χ2v) is 3.35. The zero-order chi connectivity index (χ0) is 11.1. The van der Waals surface area contributed by atoms with Crippen molar-refractivity contribution in [3.63, 3.8) is 0 Å². The number of nitrogens with zero attached hydrogens (tertiary/aromatic N) is 5. The van der Waals surface area contributed by atoms with Crippen molar-refractivity contribution in [2.45, 2.75) is 6.92 Å². The van der Waals surface area contributed by atoms with Crippen LogP contribution in [0.15, 0.2) is 29.6 Å². The van der Waals surface area contributed by atoms with Gasteiger partial charge in [-0.05, 0) is 6.92 Å². The second-order valence-electron chi connectivity index (χ2n) is 3.35. The number of aromatic nitrogens is 6. The molecule has 0 aliphatic carbocycles. The number of hydrogen-bond acceptors (Lipinski definition) is 4. The number of fused-ring (bicyclic) bond motifs is 1. The van der Waals surface area contributed by atoms with E-state index in [2.05, 4.69) is 20.2 Å². The second kappa shape index (κ2) is 3.02. The van der Waals surface area contributed by atoms with Crippen LogP contribution in [-0.2, 0) is 0 Å². The van der Waals surface area contributed by atoms with Crippen LogP contribution in [0.5, 0.6) is 0 Å². The van der Waals surface area contributed by atoms with Crippen LogP contribution in [0.1, 0.15) is 5.82 Å². The molecule has 3 rings (SSSR count). The summed E-state index contributed by atoms with van der Waals surface area (Å²) < 4.78 is 3.17. The molecule has 0 fully saturated rings. The molecule has 0 aliphatic heterocycles. The van der Waals surface area contributed by atoms with Crippen molar-refractivity contribution >= 4 is 5.65 Å². The fraction of sp³-hybridized carbons (Fsp3) is 0.111. The Kier molecular flexibility index (Phi) is 1.67. The Morgan fingerprint density at radius 3 is 3.06 bits per heavy atom. The largest absolute Gasteiger partial charge is 0.349 e. The Morgan fingerprint density at radius 1 is 1.44 bits per heavy atom. The maximum Gasteiger partial charge on any atom is 0.349 e. The van der Waals surface area contributed by atoms with Crippen LogP contribution in [0.2, 0.25) is 0 Å². The average molecular weight is 216 g/mol. The molecule has 3 heterocycles. The van der Waals surface area contributed by atoms with Crippen LogP contribution in [0.4, 0.5) is 0 Å². The van der Waals surface area contributed by atoms with Crippen molar-refractivity contribution in [1.29, 1.82) is 0 Å². The Balaban J connectivity index is 2.34. The maximum atomic E-state index is 11.4. The fourth-order valence-corrected chi connectivity index (χ4v) is 1.61. The van der Waals surface area contributed by atoms with Gasteiger partial charge in [0.25, 0.3) is 0 Å². The highest BCUT2D eigenvalue weighted by Gasteiger charge is 2.07. The van der Waals surface area contributed by atoms with Crippen LogP contribution < -0.4 is 5.69 Å². The standard InChI is InChI=1S/C9H8N6O/c1-6-11-7(14-3-2-10-5-14)4-8-12-13-9(16)15(6)8/h2-5H,1H3,(H,13,16). The molecule has 0 bridgehead atoms. The Bertz CT molecular complexity index is 692. The minimum absolute atomic E-state index is 0.280. The van der Waals surface area contributed by atoms with Gasteiger partial charge in [-0.3, -0.25) is 4.57 Å². The lowest BCUT2D eigenvalue weighted by Gasteiger charge is -2.03. The van der Waals surface area contributed by atoms with Crippen LogP contribution in [-0.4, -0.2) is 29.1 Å². The van der Waals surface area contributed by atoms with E-state index in [1.54, 1.807) is 36.3 Å². The summed E-state index contributed by atoms with van der Waals surface area (Å²) in [4.78, 5) is 19.6. The molecule has 0 aromatic carbocycles. The normalized spacial score (nSPS) is 11.1. The highest BCUT2D eigenvalue weighted by molar-refractivity contribution is 5.43. The van der Waals surface area contributed by atoms with Crippen LogP contribution in [0.25, 0.3) is 11.5 Å².